The first kappa shape index (κ1) is 13.2. The van der Waals surface area contributed by atoms with Gasteiger partial charge in [-0.05, 0) is 24.8 Å². The minimum Gasteiger partial charge on any atom is -0.350 e. The van der Waals surface area contributed by atoms with Crippen LogP contribution in [-0.4, -0.2) is 23.3 Å². The Morgan fingerprint density at radius 3 is 2.18 bits per heavy atom. The highest BCUT2D eigenvalue weighted by atomic mass is 32.3. The summed E-state index contributed by atoms with van der Waals surface area (Å²) in [5.74, 6) is 0. The SMILES string of the molecule is CSC(SC)(SC)c1cn(C)c2ccccc12. The predicted octanol–water partition coefficient (Wildman–Crippen LogP) is 4.38. The van der Waals surface area contributed by atoms with Crippen molar-refractivity contribution in [1.82, 2.24) is 4.57 Å². The summed E-state index contributed by atoms with van der Waals surface area (Å²) in [6.45, 7) is 0. The number of aromatic nitrogens is 1. The molecule has 0 radical (unpaired) electrons. The Kier molecular flexibility index (Phi) is 4.06. The quantitative estimate of drug-likeness (QED) is 0.768. The molecular weight excluding hydrogens is 266 g/mol. The van der Waals surface area contributed by atoms with E-state index in [2.05, 4.69) is 60.8 Å². The molecule has 0 atom stereocenters. The molecule has 1 heterocycles. The summed E-state index contributed by atoms with van der Waals surface area (Å²) in [6.07, 6.45) is 8.84. The summed E-state index contributed by atoms with van der Waals surface area (Å²) in [5, 5.41) is 1.37. The van der Waals surface area contributed by atoms with Crippen molar-refractivity contribution in [1.29, 1.82) is 0 Å². The first-order chi connectivity index (χ1) is 8.18. The van der Waals surface area contributed by atoms with Crippen LogP contribution in [0, 0.1) is 0 Å². The monoisotopic (exact) mass is 283 g/mol. The number of fused-ring (bicyclic) bond motifs is 1. The van der Waals surface area contributed by atoms with Crippen LogP contribution in [0.1, 0.15) is 5.56 Å². The molecule has 1 nitrogen and oxygen atoms in total. The maximum atomic E-state index is 2.27. The zero-order valence-corrected chi connectivity index (χ0v) is 13.0. The molecule has 1 aromatic carbocycles. The van der Waals surface area contributed by atoms with Crippen molar-refractivity contribution < 1.29 is 0 Å². The molecular formula is C13H17NS3. The van der Waals surface area contributed by atoms with Gasteiger partial charge in [0.15, 0.2) is 0 Å². The third-order valence-corrected chi connectivity index (χ3v) is 8.31. The molecule has 4 heteroatoms. The molecule has 0 spiro atoms. The predicted molar refractivity (Wildman–Crippen MR) is 85.1 cm³/mol. The molecule has 0 fully saturated rings. The second kappa shape index (κ2) is 5.21. The standard InChI is InChI=1S/C13H17NS3/c1-14-9-11(13(15-2,16-3)17-4)10-7-5-6-8-12(10)14/h5-9H,1-4H3. The average Bonchev–Trinajstić information content (AvgIpc) is 2.72. The third kappa shape index (κ3) is 2.11. The Balaban J connectivity index is 2.70. The topological polar surface area (TPSA) is 4.93 Å². The summed E-state index contributed by atoms with van der Waals surface area (Å²) in [5.41, 5.74) is 2.73. The van der Waals surface area contributed by atoms with E-state index >= 15 is 0 Å². The van der Waals surface area contributed by atoms with Crippen molar-refractivity contribution in [2.75, 3.05) is 18.8 Å². The largest absolute Gasteiger partial charge is 0.350 e. The minimum atomic E-state index is 0.0981. The van der Waals surface area contributed by atoms with E-state index in [0.717, 1.165) is 0 Å². The lowest BCUT2D eigenvalue weighted by Crippen LogP contribution is -2.10. The Morgan fingerprint density at radius 1 is 1.00 bits per heavy atom. The minimum absolute atomic E-state index is 0.0981. The molecule has 0 N–H and O–H groups in total. The van der Waals surface area contributed by atoms with Gasteiger partial charge in [-0.25, -0.2) is 0 Å². The van der Waals surface area contributed by atoms with Gasteiger partial charge < -0.3 is 4.57 Å². The van der Waals surface area contributed by atoms with Gasteiger partial charge in [0.2, 0.25) is 0 Å². The molecule has 92 valence electrons. The van der Waals surface area contributed by atoms with Crippen LogP contribution in [0.2, 0.25) is 0 Å². The van der Waals surface area contributed by atoms with Crippen LogP contribution in [0.15, 0.2) is 30.5 Å². The molecule has 0 aliphatic carbocycles. The maximum Gasteiger partial charge on any atom is 0.133 e. The summed E-state index contributed by atoms with van der Waals surface area (Å²) >= 11 is 5.73. The van der Waals surface area contributed by atoms with Crippen LogP contribution in [0.4, 0.5) is 0 Å². The lowest BCUT2D eigenvalue weighted by atomic mass is 10.2. The van der Waals surface area contributed by atoms with E-state index in [1.807, 2.05) is 35.3 Å². The molecule has 0 saturated carbocycles. The fourth-order valence-corrected chi connectivity index (χ4v) is 5.31. The Morgan fingerprint density at radius 2 is 1.59 bits per heavy atom. The van der Waals surface area contributed by atoms with E-state index in [1.54, 1.807) is 0 Å². The molecule has 0 aliphatic rings. The number of hydrogen-bond donors (Lipinski definition) is 0. The third-order valence-electron chi connectivity index (χ3n) is 3.03. The highest BCUT2D eigenvalue weighted by Crippen LogP contribution is 2.54. The Bertz CT molecular complexity index is 506. The number of aryl methyl sites for hydroxylation is 1. The highest BCUT2D eigenvalue weighted by molar-refractivity contribution is 8.32. The fourth-order valence-electron chi connectivity index (χ4n) is 2.17. The van der Waals surface area contributed by atoms with E-state index in [-0.39, 0.29) is 3.41 Å². The average molecular weight is 283 g/mol. The van der Waals surface area contributed by atoms with Crippen LogP contribution in [-0.2, 0) is 10.5 Å². The molecule has 0 saturated heterocycles. The van der Waals surface area contributed by atoms with Crippen LogP contribution >= 0.6 is 35.3 Å². The van der Waals surface area contributed by atoms with Gasteiger partial charge in [0, 0.05) is 29.7 Å². The van der Waals surface area contributed by atoms with Crippen LogP contribution in [0.5, 0.6) is 0 Å². The number of hydrogen-bond acceptors (Lipinski definition) is 3. The van der Waals surface area contributed by atoms with Gasteiger partial charge in [0.25, 0.3) is 0 Å². The van der Waals surface area contributed by atoms with Gasteiger partial charge in [-0.1, -0.05) is 18.2 Å². The molecule has 2 aromatic rings. The van der Waals surface area contributed by atoms with Crippen molar-refractivity contribution in [3.63, 3.8) is 0 Å². The van der Waals surface area contributed by atoms with E-state index in [4.69, 9.17) is 0 Å². The van der Waals surface area contributed by atoms with E-state index in [9.17, 15) is 0 Å². The number of nitrogens with zero attached hydrogens (tertiary/aromatic N) is 1. The second-order valence-electron chi connectivity index (χ2n) is 3.84. The highest BCUT2D eigenvalue weighted by Gasteiger charge is 2.32. The molecule has 17 heavy (non-hydrogen) atoms. The zero-order chi connectivity index (χ0) is 12.5. The lowest BCUT2D eigenvalue weighted by molar-refractivity contribution is 0.960. The van der Waals surface area contributed by atoms with Crippen LogP contribution in [0.25, 0.3) is 10.9 Å². The molecule has 0 aliphatic heterocycles. The fraction of sp³-hybridized carbons (Fsp3) is 0.385. The molecule has 0 bridgehead atoms. The summed E-state index contributed by atoms with van der Waals surface area (Å²) in [7, 11) is 2.12. The summed E-state index contributed by atoms with van der Waals surface area (Å²) in [4.78, 5) is 0. The van der Waals surface area contributed by atoms with Crippen molar-refractivity contribution >= 4 is 46.2 Å². The van der Waals surface area contributed by atoms with Gasteiger partial charge in [-0.15, -0.1) is 35.3 Å². The Labute approximate surface area is 116 Å². The smallest absolute Gasteiger partial charge is 0.133 e. The Hall–Kier alpha value is -0.190. The van der Waals surface area contributed by atoms with E-state index in [0.29, 0.717) is 0 Å². The van der Waals surface area contributed by atoms with Gasteiger partial charge in [-0.2, -0.15) is 0 Å². The molecule has 1 aromatic heterocycles. The van der Waals surface area contributed by atoms with E-state index < -0.39 is 0 Å². The van der Waals surface area contributed by atoms with Gasteiger partial charge in [0.05, 0.1) is 0 Å². The van der Waals surface area contributed by atoms with Crippen LogP contribution < -0.4 is 0 Å². The molecule has 0 unspecified atom stereocenters. The maximum absolute atomic E-state index is 2.27. The van der Waals surface area contributed by atoms with Gasteiger partial charge in [-0.3, -0.25) is 0 Å². The number of thioether (sulfide) groups is 3. The number of benzene rings is 1. The van der Waals surface area contributed by atoms with Gasteiger partial charge >= 0.3 is 0 Å². The van der Waals surface area contributed by atoms with E-state index in [1.165, 1.54) is 16.5 Å². The van der Waals surface area contributed by atoms with Crippen molar-refractivity contribution in [3.05, 3.63) is 36.0 Å². The van der Waals surface area contributed by atoms with Crippen molar-refractivity contribution in [2.45, 2.75) is 3.41 Å². The second-order valence-corrected chi connectivity index (χ2v) is 7.68. The number of rotatable bonds is 4. The zero-order valence-electron chi connectivity index (χ0n) is 10.6. The van der Waals surface area contributed by atoms with Gasteiger partial charge in [0.1, 0.15) is 3.41 Å². The van der Waals surface area contributed by atoms with Crippen molar-refractivity contribution in [3.8, 4) is 0 Å². The summed E-state index contributed by atoms with van der Waals surface area (Å²) in [6, 6.07) is 8.63. The first-order valence-electron chi connectivity index (χ1n) is 5.38. The molecule has 2 rings (SSSR count). The normalized spacial score (nSPS) is 12.2. The molecule has 0 amide bonds. The van der Waals surface area contributed by atoms with Crippen molar-refractivity contribution in [2.24, 2.45) is 7.05 Å². The van der Waals surface area contributed by atoms with Crippen LogP contribution in [0.3, 0.4) is 0 Å². The summed E-state index contributed by atoms with van der Waals surface area (Å²) < 4.78 is 2.32. The lowest BCUT2D eigenvalue weighted by Gasteiger charge is -2.27. The first-order valence-corrected chi connectivity index (χ1v) is 9.06. The number of para-hydroxylation sites is 1.